The van der Waals surface area contributed by atoms with E-state index in [0.29, 0.717) is 5.69 Å². The fraction of sp³-hybridized carbons (Fsp3) is 0. The number of carbonyl (C=O) groups is 1. The van der Waals surface area contributed by atoms with Gasteiger partial charge >= 0.3 is 0 Å². The molecule has 0 aliphatic heterocycles. The molecule has 0 radical (unpaired) electrons. The number of carbonyl (C=O) groups excluding carboxylic acids is 1. The number of anilines is 1. The first-order valence-corrected chi connectivity index (χ1v) is 7.14. The monoisotopic (exact) mass is 317 g/mol. The summed E-state index contributed by atoms with van der Waals surface area (Å²) in [6, 6.07) is 6.85. The highest BCUT2D eigenvalue weighted by atomic mass is 32.1. The molecule has 1 aromatic carbocycles. The van der Waals surface area contributed by atoms with Gasteiger partial charge in [-0.25, -0.2) is 13.8 Å². The van der Waals surface area contributed by atoms with Gasteiger partial charge in [0.1, 0.15) is 17.2 Å². The predicted molar refractivity (Wildman–Crippen MR) is 79.7 cm³/mol. The van der Waals surface area contributed by atoms with E-state index in [2.05, 4.69) is 15.3 Å². The molecule has 0 aliphatic carbocycles. The van der Waals surface area contributed by atoms with Crippen LogP contribution in [0.1, 0.15) is 10.4 Å². The average molecular weight is 317 g/mol. The van der Waals surface area contributed by atoms with Crippen LogP contribution in [0.25, 0.3) is 11.3 Å². The number of pyridine rings is 1. The summed E-state index contributed by atoms with van der Waals surface area (Å²) in [7, 11) is 0. The van der Waals surface area contributed by atoms with Crippen LogP contribution in [0.4, 0.5) is 13.9 Å². The van der Waals surface area contributed by atoms with Crippen molar-refractivity contribution < 1.29 is 13.6 Å². The molecule has 0 saturated carbocycles. The first-order chi connectivity index (χ1) is 10.6. The maximum atomic E-state index is 13.5. The van der Waals surface area contributed by atoms with E-state index in [9.17, 15) is 13.6 Å². The van der Waals surface area contributed by atoms with Crippen molar-refractivity contribution in [1.29, 1.82) is 0 Å². The van der Waals surface area contributed by atoms with Crippen LogP contribution in [-0.2, 0) is 0 Å². The zero-order valence-electron chi connectivity index (χ0n) is 11.1. The maximum Gasteiger partial charge on any atom is 0.263 e. The summed E-state index contributed by atoms with van der Waals surface area (Å²) in [5, 5.41) is 4.38. The Morgan fingerprint density at radius 2 is 1.91 bits per heavy atom. The van der Waals surface area contributed by atoms with Crippen molar-refractivity contribution in [3.8, 4) is 11.3 Å². The molecule has 0 saturated heterocycles. The van der Waals surface area contributed by atoms with Crippen LogP contribution in [0.15, 0.2) is 48.1 Å². The number of nitrogens with one attached hydrogen (secondary N) is 1. The third-order valence-corrected chi connectivity index (χ3v) is 3.63. The van der Waals surface area contributed by atoms with Gasteiger partial charge in [0.2, 0.25) is 0 Å². The third kappa shape index (κ3) is 2.84. The van der Waals surface area contributed by atoms with E-state index in [1.807, 2.05) is 6.07 Å². The highest BCUT2D eigenvalue weighted by molar-refractivity contribution is 7.14. The number of thiazole rings is 1. The second kappa shape index (κ2) is 5.98. The predicted octanol–water partition coefficient (Wildman–Crippen LogP) is 3.74. The molecule has 0 bridgehead atoms. The zero-order valence-corrected chi connectivity index (χ0v) is 11.9. The van der Waals surface area contributed by atoms with Crippen LogP contribution in [0.3, 0.4) is 0 Å². The number of nitrogens with zero attached hydrogens (tertiary/aromatic N) is 2. The summed E-state index contributed by atoms with van der Waals surface area (Å²) < 4.78 is 27.1. The highest BCUT2D eigenvalue weighted by Gasteiger charge is 2.18. The minimum atomic E-state index is -0.915. The normalized spacial score (nSPS) is 10.5. The topological polar surface area (TPSA) is 54.9 Å². The molecule has 0 spiro atoms. The lowest BCUT2D eigenvalue weighted by Gasteiger charge is -2.04. The summed E-state index contributed by atoms with van der Waals surface area (Å²) in [6.45, 7) is 0. The van der Waals surface area contributed by atoms with Gasteiger partial charge in [-0.2, -0.15) is 0 Å². The van der Waals surface area contributed by atoms with E-state index in [1.54, 1.807) is 23.8 Å². The molecule has 1 amide bonds. The highest BCUT2D eigenvalue weighted by Crippen LogP contribution is 2.25. The van der Waals surface area contributed by atoms with Gasteiger partial charge in [-0.1, -0.05) is 6.07 Å². The van der Waals surface area contributed by atoms with E-state index in [-0.39, 0.29) is 5.13 Å². The van der Waals surface area contributed by atoms with Crippen LogP contribution in [-0.4, -0.2) is 15.9 Å². The Bertz CT molecular complexity index is 800. The Balaban J connectivity index is 1.82. The number of rotatable bonds is 3. The molecule has 0 unspecified atom stereocenters. The molecule has 2 aromatic heterocycles. The summed E-state index contributed by atoms with van der Waals surface area (Å²) >= 11 is 1.16. The van der Waals surface area contributed by atoms with Gasteiger partial charge in [0.05, 0.1) is 5.69 Å². The maximum absolute atomic E-state index is 13.5. The molecule has 0 fully saturated rings. The van der Waals surface area contributed by atoms with Crippen molar-refractivity contribution in [2.75, 3.05) is 5.32 Å². The second-order valence-corrected chi connectivity index (χ2v) is 5.19. The van der Waals surface area contributed by atoms with Crippen molar-refractivity contribution in [2.45, 2.75) is 0 Å². The molecule has 3 aromatic rings. The van der Waals surface area contributed by atoms with Crippen LogP contribution < -0.4 is 5.32 Å². The van der Waals surface area contributed by atoms with E-state index in [1.165, 1.54) is 6.07 Å². The average Bonchev–Trinajstić information content (AvgIpc) is 2.96. The molecule has 1 N–H and O–H groups in total. The van der Waals surface area contributed by atoms with Crippen molar-refractivity contribution >= 4 is 22.4 Å². The van der Waals surface area contributed by atoms with Crippen molar-refractivity contribution in [3.63, 3.8) is 0 Å². The molecule has 4 nitrogen and oxygen atoms in total. The molecular formula is C15H9F2N3OS. The lowest BCUT2D eigenvalue weighted by molar-refractivity contribution is 0.101. The third-order valence-electron chi connectivity index (χ3n) is 2.87. The lowest BCUT2D eigenvalue weighted by Crippen LogP contribution is -2.15. The van der Waals surface area contributed by atoms with Crippen LogP contribution in [0.5, 0.6) is 0 Å². The standard InChI is InChI=1S/C15H9F2N3OS/c16-10-4-1-5-11(17)13(10)14(21)20-15-19-12(8-22-15)9-3-2-6-18-7-9/h1-8H,(H,19,20,21). The molecule has 7 heteroatoms. The van der Waals surface area contributed by atoms with Gasteiger partial charge in [0, 0.05) is 23.3 Å². The first kappa shape index (κ1) is 14.3. The fourth-order valence-corrected chi connectivity index (χ4v) is 2.57. The van der Waals surface area contributed by atoms with E-state index < -0.39 is 23.1 Å². The van der Waals surface area contributed by atoms with Crippen molar-refractivity contribution in [3.05, 3.63) is 65.3 Å². The summed E-state index contributed by atoms with van der Waals surface area (Å²) in [5.41, 5.74) is 0.791. The van der Waals surface area contributed by atoms with E-state index >= 15 is 0 Å². The van der Waals surface area contributed by atoms with Gasteiger partial charge in [-0.15, -0.1) is 11.3 Å². The smallest absolute Gasteiger partial charge is 0.263 e. The molecule has 110 valence electrons. The molecule has 0 aliphatic rings. The number of hydrogen-bond acceptors (Lipinski definition) is 4. The van der Waals surface area contributed by atoms with Crippen LogP contribution >= 0.6 is 11.3 Å². The lowest BCUT2D eigenvalue weighted by atomic mass is 10.2. The van der Waals surface area contributed by atoms with Gasteiger partial charge in [0.15, 0.2) is 5.13 Å². The van der Waals surface area contributed by atoms with Crippen LogP contribution in [0.2, 0.25) is 0 Å². The number of benzene rings is 1. The van der Waals surface area contributed by atoms with Gasteiger partial charge < -0.3 is 0 Å². The first-order valence-electron chi connectivity index (χ1n) is 6.26. The minimum absolute atomic E-state index is 0.256. The van der Waals surface area contributed by atoms with E-state index in [0.717, 1.165) is 29.0 Å². The Morgan fingerprint density at radius 1 is 1.14 bits per heavy atom. The Morgan fingerprint density at radius 3 is 2.59 bits per heavy atom. The molecule has 0 atom stereocenters. The second-order valence-electron chi connectivity index (χ2n) is 4.33. The van der Waals surface area contributed by atoms with Gasteiger partial charge in [0.25, 0.3) is 5.91 Å². The summed E-state index contributed by atoms with van der Waals surface area (Å²) in [5.74, 6) is -2.70. The largest absolute Gasteiger partial charge is 0.298 e. The minimum Gasteiger partial charge on any atom is -0.298 e. The number of hydrogen-bond donors (Lipinski definition) is 1. The SMILES string of the molecule is O=C(Nc1nc(-c2cccnc2)cs1)c1c(F)cccc1F. The van der Waals surface area contributed by atoms with Crippen LogP contribution in [0, 0.1) is 11.6 Å². The number of amides is 1. The number of aromatic nitrogens is 2. The molecule has 2 heterocycles. The van der Waals surface area contributed by atoms with E-state index in [4.69, 9.17) is 0 Å². The summed E-state index contributed by atoms with van der Waals surface area (Å²) in [6.07, 6.45) is 3.27. The Hall–Kier alpha value is -2.67. The fourth-order valence-electron chi connectivity index (χ4n) is 1.85. The molecule has 22 heavy (non-hydrogen) atoms. The number of halogens is 2. The van der Waals surface area contributed by atoms with Gasteiger partial charge in [-0.05, 0) is 24.3 Å². The zero-order chi connectivity index (χ0) is 15.5. The summed E-state index contributed by atoms with van der Waals surface area (Å²) in [4.78, 5) is 20.2. The van der Waals surface area contributed by atoms with Gasteiger partial charge in [-0.3, -0.25) is 15.1 Å². The molecular weight excluding hydrogens is 308 g/mol. The van der Waals surface area contributed by atoms with Crippen molar-refractivity contribution in [2.24, 2.45) is 0 Å². The van der Waals surface area contributed by atoms with Crippen molar-refractivity contribution in [1.82, 2.24) is 9.97 Å². The Labute approximate surface area is 128 Å². The molecule has 3 rings (SSSR count). The quantitative estimate of drug-likeness (QED) is 0.800. The Kier molecular flexibility index (Phi) is 3.88.